The molecule has 1 aromatic heterocycles. The number of hydrogen-bond acceptors (Lipinski definition) is 5. The molecule has 2 aromatic carbocycles. The average molecular weight is 713 g/mol. The molecular formula is C27H31BrFIN4O3Si. The zero-order valence-electron chi connectivity index (χ0n) is 21.6. The van der Waals surface area contributed by atoms with Crippen molar-refractivity contribution in [2.75, 3.05) is 11.5 Å². The Labute approximate surface area is 245 Å². The van der Waals surface area contributed by atoms with E-state index in [0.717, 1.165) is 24.9 Å². The average Bonchev–Trinajstić information content (AvgIpc) is 3.50. The van der Waals surface area contributed by atoms with E-state index in [0.29, 0.717) is 31.6 Å². The van der Waals surface area contributed by atoms with Crippen molar-refractivity contribution < 1.29 is 18.7 Å². The smallest absolute Gasteiger partial charge is 0.264 e. The van der Waals surface area contributed by atoms with Gasteiger partial charge in [0.2, 0.25) is 8.41 Å². The van der Waals surface area contributed by atoms with E-state index >= 15 is 4.11 Å². The maximum atomic E-state index is 16.0. The quantitative estimate of drug-likeness (QED) is 0.187. The van der Waals surface area contributed by atoms with Gasteiger partial charge in [-0.1, -0.05) is 40.2 Å². The van der Waals surface area contributed by atoms with Gasteiger partial charge >= 0.3 is 0 Å². The Hall–Kier alpha value is -1.67. The highest BCUT2D eigenvalue weighted by Crippen LogP contribution is 2.60. The van der Waals surface area contributed by atoms with Crippen molar-refractivity contribution >= 4 is 58.5 Å². The predicted molar refractivity (Wildman–Crippen MR) is 158 cm³/mol. The number of benzene rings is 2. The first-order valence-corrected chi connectivity index (χ1v) is 17.6. The lowest BCUT2D eigenvalue weighted by Gasteiger charge is -2.31. The number of aromatic nitrogens is 3. The van der Waals surface area contributed by atoms with Crippen molar-refractivity contribution in [3.63, 3.8) is 0 Å². The summed E-state index contributed by atoms with van der Waals surface area (Å²) < 4.78 is 26.5. The van der Waals surface area contributed by atoms with E-state index in [4.69, 9.17) is 4.74 Å². The molecular weight excluding hydrogens is 682 g/mol. The molecule has 0 radical (unpaired) electrons. The second kappa shape index (κ2) is 10.7. The van der Waals surface area contributed by atoms with Gasteiger partial charge in [0.1, 0.15) is 0 Å². The number of carbonyl (C=O) groups excluding carboxylic acids is 1. The highest BCUT2D eigenvalue weighted by Gasteiger charge is 2.66. The summed E-state index contributed by atoms with van der Waals surface area (Å²) in [5.41, 5.74) is 1.71. The molecule has 0 bridgehead atoms. The van der Waals surface area contributed by atoms with E-state index in [-0.39, 0.29) is 24.0 Å². The van der Waals surface area contributed by atoms with Crippen LogP contribution in [0.5, 0.6) is 0 Å². The molecule has 2 aliphatic heterocycles. The Morgan fingerprint density at radius 1 is 1.24 bits per heavy atom. The number of nitrogens with zero attached hydrogens (tertiary/aromatic N) is 4. The number of carbonyl (C=O) groups is 1. The maximum Gasteiger partial charge on any atom is 0.264 e. The van der Waals surface area contributed by atoms with Crippen LogP contribution in [0.25, 0.3) is 0 Å². The summed E-state index contributed by atoms with van der Waals surface area (Å²) in [5, 5.41) is 17.4. The largest absolute Gasteiger partial charge is 0.396 e. The summed E-state index contributed by atoms with van der Waals surface area (Å²) in [6.45, 7) is 6.31. The normalized spacial score (nSPS) is 25.0. The predicted octanol–water partition coefficient (Wildman–Crippen LogP) is 5.59. The molecule has 0 saturated carbocycles. The fourth-order valence-corrected chi connectivity index (χ4v) is 9.42. The molecule has 38 heavy (non-hydrogen) atoms. The van der Waals surface area contributed by atoms with Crippen LogP contribution >= 0.6 is 38.5 Å². The monoisotopic (exact) mass is 712 g/mol. The van der Waals surface area contributed by atoms with Crippen molar-refractivity contribution in [3.8, 4) is 0 Å². The zero-order chi connectivity index (χ0) is 27.2. The molecule has 202 valence electrons. The molecule has 3 heterocycles. The number of ether oxygens (including phenoxy) is 1. The first-order valence-electron chi connectivity index (χ1n) is 12.8. The van der Waals surface area contributed by atoms with Gasteiger partial charge in [-0.15, -0.1) is 5.10 Å². The fourth-order valence-electron chi connectivity index (χ4n) is 6.16. The van der Waals surface area contributed by atoms with Gasteiger partial charge in [-0.05, 0) is 78.0 Å². The maximum absolute atomic E-state index is 16.0. The molecule has 1 fully saturated rings. The number of aliphatic hydroxyl groups excluding tert-OH is 1. The number of aliphatic hydroxyl groups is 1. The molecule has 1 spiro atoms. The summed E-state index contributed by atoms with van der Waals surface area (Å²) in [4.78, 5) is 16.2. The third-order valence-corrected chi connectivity index (χ3v) is 11.4. The Kier molecular flexibility index (Phi) is 7.86. The van der Waals surface area contributed by atoms with Gasteiger partial charge in [0.05, 0.1) is 24.0 Å². The topological polar surface area (TPSA) is 80.5 Å². The summed E-state index contributed by atoms with van der Waals surface area (Å²) in [6, 6.07) is 14.0. The molecule has 4 atom stereocenters. The number of rotatable bonds is 8. The summed E-state index contributed by atoms with van der Waals surface area (Å²) in [7, 11) is -3.24. The van der Waals surface area contributed by atoms with Crippen LogP contribution < -0.4 is 4.90 Å². The van der Waals surface area contributed by atoms with Crippen LogP contribution in [0.4, 0.5) is 9.80 Å². The Morgan fingerprint density at radius 2 is 1.97 bits per heavy atom. The minimum atomic E-state index is -3.24. The van der Waals surface area contributed by atoms with Crippen LogP contribution in [0.3, 0.4) is 0 Å². The molecule has 2 aliphatic rings. The van der Waals surface area contributed by atoms with E-state index in [1.165, 1.54) is 0 Å². The number of halogens is 3. The molecule has 1 N–H and O–H groups in total. The Bertz CT molecular complexity index is 1330. The standard InChI is InChI=1S/C27H31BrFIN4O3Si/c1-17-25(38(2,3)29)24(10-12-33-16-21(11-13-35)31-32-33)37-27(17)22-14-19(28)6-9-23(22)34(26(27)36)15-18-4-7-20(30)8-5-18/h4-9,14,16-17,24-25,35H,10-13,15H2,1-3H3/t17-,24+,25-,27+/m0/s1. The number of fused-ring (bicyclic) bond motifs is 2. The van der Waals surface area contributed by atoms with Gasteiger partial charge in [-0.25, -0.2) is 0 Å². The summed E-state index contributed by atoms with van der Waals surface area (Å²) >= 11 is 5.86. The second-order valence-electron chi connectivity index (χ2n) is 10.7. The molecule has 5 rings (SSSR count). The highest BCUT2D eigenvalue weighted by molar-refractivity contribution is 14.1. The number of hydrogen-bond donors (Lipinski definition) is 1. The molecule has 11 heteroatoms. The van der Waals surface area contributed by atoms with Crippen molar-refractivity contribution in [3.05, 3.63) is 73.5 Å². The van der Waals surface area contributed by atoms with Gasteiger partial charge in [-0.2, -0.15) is 0 Å². The molecule has 0 unspecified atom stereocenters. The van der Waals surface area contributed by atoms with Gasteiger partial charge in [-0.3, -0.25) is 9.48 Å². The van der Waals surface area contributed by atoms with Crippen LogP contribution in [0.1, 0.15) is 30.2 Å². The van der Waals surface area contributed by atoms with E-state index in [1.807, 2.05) is 49.4 Å². The lowest BCUT2D eigenvalue weighted by atomic mass is 9.82. The first-order chi connectivity index (χ1) is 18.0. The van der Waals surface area contributed by atoms with Crippen molar-refractivity contribution in [2.24, 2.45) is 5.92 Å². The van der Waals surface area contributed by atoms with E-state index in [9.17, 15) is 9.90 Å². The number of anilines is 1. The Morgan fingerprint density at radius 3 is 2.66 bits per heavy atom. The van der Waals surface area contributed by atoms with Gasteiger partial charge in [0.15, 0.2) is 5.60 Å². The van der Waals surface area contributed by atoms with E-state index in [1.54, 1.807) is 28.9 Å². The van der Waals surface area contributed by atoms with Gasteiger partial charge in [0.25, 0.3) is 5.91 Å². The summed E-state index contributed by atoms with van der Waals surface area (Å²) in [6.07, 6.45) is 2.29. The Balaban J connectivity index is 1.50. The zero-order valence-corrected chi connectivity index (χ0v) is 26.3. The summed E-state index contributed by atoms with van der Waals surface area (Å²) in [5.74, 6) is -0.476. The van der Waals surface area contributed by atoms with Crippen molar-refractivity contribution in [1.82, 2.24) is 15.0 Å². The van der Waals surface area contributed by atoms with Crippen molar-refractivity contribution in [2.45, 2.75) is 63.2 Å². The van der Waals surface area contributed by atoms with Crippen LogP contribution in [0.15, 0.2) is 53.1 Å². The molecule has 0 aliphatic carbocycles. The minimum Gasteiger partial charge on any atom is -0.396 e. The fraction of sp³-hybridized carbons (Fsp3) is 0.444. The van der Waals surface area contributed by atoms with Gasteiger partial charge in [0, 0.05) is 50.8 Å². The molecule has 1 amide bonds. The SMILES string of the molecule is C[C@H]1[C@H]([Si](C)(C)F)[C@@H](CCn2cc(CCO)nn2)O[C@]12C(=O)N(Cc1ccc(I)cc1)c1ccc(Br)cc12. The second-order valence-corrected chi connectivity index (χ2v) is 16.6. The first kappa shape index (κ1) is 27.9. The lowest BCUT2D eigenvalue weighted by molar-refractivity contribution is -0.146. The molecule has 3 aromatic rings. The molecule has 1 saturated heterocycles. The third-order valence-electron chi connectivity index (χ3n) is 7.77. The van der Waals surface area contributed by atoms with Gasteiger partial charge < -0.3 is 18.9 Å². The minimum absolute atomic E-state index is 0.00394. The third kappa shape index (κ3) is 5.00. The number of aryl methyl sites for hydroxylation is 1. The lowest BCUT2D eigenvalue weighted by Crippen LogP contribution is -2.45. The highest BCUT2D eigenvalue weighted by atomic mass is 127. The van der Waals surface area contributed by atoms with Crippen LogP contribution in [-0.2, 0) is 34.6 Å². The van der Waals surface area contributed by atoms with Crippen LogP contribution in [0.2, 0.25) is 18.6 Å². The van der Waals surface area contributed by atoms with Crippen LogP contribution in [-0.4, -0.2) is 47.1 Å². The van der Waals surface area contributed by atoms with E-state index in [2.05, 4.69) is 48.8 Å². The van der Waals surface area contributed by atoms with Crippen molar-refractivity contribution in [1.29, 1.82) is 0 Å². The van der Waals surface area contributed by atoms with Crippen LogP contribution in [0, 0.1) is 9.49 Å². The number of amides is 1. The molecule has 7 nitrogen and oxygen atoms in total. The van der Waals surface area contributed by atoms with E-state index < -0.39 is 20.1 Å².